The predicted octanol–water partition coefficient (Wildman–Crippen LogP) is 1.11. The van der Waals surface area contributed by atoms with E-state index in [4.69, 9.17) is 4.74 Å². The second kappa shape index (κ2) is 6.51. The van der Waals surface area contributed by atoms with Crippen molar-refractivity contribution in [2.45, 2.75) is 44.7 Å². The summed E-state index contributed by atoms with van der Waals surface area (Å²) < 4.78 is 19.7. The summed E-state index contributed by atoms with van der Waals surface area (Å²) in [5.74, 6) is -0.384. The second-order valence-electron chi connectivity index (χ2n) is 6.25. The molecule has 2 unspecified atom stereocenters. The lowest BCUT2D eigenvalue weighted by molar-refractivity contribution is -0.155. The number of halogens is 1. The van der Waals surface area contributed by atoms with Gasteiger partial charge in [0.05, 0.1) is 18.9 Å². The number of hydrogen-bond acceptors (Lipinski definition) is 5. The molecule has 0 radical (unpaired) electrons. The Morgan fingerprint density at radius 3 is 2.96 bits per heavy atom. The van der Waals surface area contributed by atoms with Crippen LogP contribution in [0.4, 0.5) is 4.39 Å². The Bertz CT molecular complexity index is 585. The highest BCUT2D eigenvalue weighted by Gasteiger charge is 2.40. The van der Waals surface area contributed by atoms with Crippen LogP contribution in [0.25, 0.3) is 0 Å². The molecule has 126 valence electrons. The molecule has 7 heteroatoms. The molecule has 4 atom stereocenters. The molecule has 23 heavy (non-hydrogen) atoms. The van der Waals surface area contributed by atoms with Crippen LogP contribution in [0, 0.1) is 5.82 Å². The number of morpholine rings is 1. The van der Waals surface area contributed by atoms with Gasteiger partial charge in [0.2, 0.25) is 5.91 Å². The molecule has 0 spiro atoms. The first kappa shape index (κ1) is 16.3. The van der Waals surface area contributed by atoms with Crippen LogP contribution in [0.15, 0.2) is 18.5 Å². The van der Waals surface area contributed by atoms with E-state index in [2.05, 4.69) is 22.1 Å². The normalized spacial score (nSPS) is 33.0. The fraction of sp³-hybridized carbons (Fsp3) is 0.625. The first-order valence-electron chi connectivity index (χ1n) is 7.97. The van der Waals surface area contributed by atoms with Gasteiger partial charge in [-0.3, -0.25) is 20.0 Å². The molecule has 0 saturated carbocycles. The molecule has 1 amide bonds. The number of carbonyl (C=O) groups excluding carboxylic acids is 1. The van der Waals surface area contributed by atoms with E-state index in [-0.39, 0.29) is 42.6 Å². The average Bonchev–Trinajstić information content (AvgIpc) is 2.53. The van der Waals surface area contributed by atoms with Crippen LogP contribution in [-0.2, 0) is 9.53 Å². The van der Waals surface area contributed by atoms with Gasteiger partial charge in [0.1, 0.15) is 12.1 Å². The Kier molecular flexibility index (Phi) is 4.61. The maximum atomic E-state index is 14.0. The number of ether oxygens (including phenoxy) is 1. The Morgan fingerprint density at radius 2 is 2.22 bits per heavy atom. The van der Waals surface area contributed by atoms with Gasteiger partial charge in [0.15, 0.2) is 0 Å². The van der Waals surface area contributed by atoms with E-state index in [0.29, 0.717) is 12.2 Å². The summed E-state index contributed by atoms with van der Waals surface area (Å²) in [7, 11) is 1.78. The molecule has 2 aliphatic heterocycles. The molecule has 1 N–H and O–H groups in total. The molecule has 6 nitrogen and oxygen atoms in total. The SMILES string of the molecule is C[C@@H]1OCCN(C2NC(c3ccncc3F)CC(=O)N2C)[C@@H]1C. The summed E-state index contributed by atoms with van der Waals surface area (Å²) in [6.45, 7) is 5.47. The van der Waals surface area contributed by atoms with Crippen LogP contribution < -0.4 is 5.32 Å². The number of carbonyl (C=O) groups is 1. The summed E-state index contributed by atoms with van der Waals surface area (Å²) in [5.41, 5.74) is 0.486. The quantitative estimate of drug-likeness (QED) is 0.884. The first-order valence-corrected chi connectivity index (χ1v) is 7.97. The maximum absolute atomic E-state index is 14.0. The molecule has 3 rings (SSSR count). The Hall–Kier alpha value is -1.57. The molecular formula is C16H23FN4O2. The number of pyridine rings is 1. The van der Waals surface area contributed by atoms with E-state index < -0.39 is 0 Å². The van der Waals surface area contributed by atoms with Crippen molar-refractivity contribution < 1.29 is 13.9 Å². The minimum atomic E-state index is -0.385. The molecule has 0 bridgehead atoms. The van der Waals surface area contributed by atoms with Gasteiger partial charge >= 0.3 is 0 Å². The minimum absolute atomic E-state index is 0.00121. The van der Waals surface area contributed by atoms with E-state index in [0.717, 1.165) is 6.54 Å². The third-order valence-corrected chi connectivity index (χ3v) is 4.92. The molecular weight excluding hydrogens is 299 g/mol. The van der Waals surface area contributed by atoms with Crippen LogP contribution in [0.1, 0.15) is 31.9 Å². The van der Waals surface area contributed by atoms with Gasteiger partial charge in [-0.25, -0.2) is 4.39 Å². The highest BCUT2D eigenvalue weighted by molar-refractivity contribution is 5.78. The van der Waals surface area contributed by atoms with Crippen molar-refractivity contribution in [1.82, 2.24) is 20.1 Å². The number of rotatable bonds is 2. The van der Waals surface area contributed by atoms with Gasteiger partial charge in [-0.2, -0.15) is 0 Å². The molecule has 0 aliphatic carbocycles. The van der Waals surface area contributed by atoms with E-state index in [1.165, 1.54) is 6.20 Å². The van der Waals surface area contributed by atoms with Gasteiger partial charge in [-0.15, -0.1) is 0 Å². The topological polar surface area (TPSA) is 57.7 Å². The number of amides is 1. The van der Waals surface area contributed by atoms with Crippen molar-refractivity contribution in [3.63, 3.8) is 0 Å². The van der Waals surface area contributed by atoms with E-state index in [1.807, 2.05) is 6.92 Å². The minimum Gasteiger partial charge on any atom is -0.376 e. The van der Waals surface area contributed by atoms with Crippen LogP contribution in [-0.4, -0.2) is 59.3 Å². The fourth-order valence-corrected chi connectivity index (χ4v) is 3.29. The highest BCUT2D eigenvalue weighted by Crippen LogP contribution is 2.28. The third-order valence-electron chi connectivity index (χ3n) is 4.92. The van der Waals surface area contributed by atoms with E-state index in [9.17, 15) is 9.18 Å². The lowest BCUT2D eigenvalue weighted by Crippen LogP contribution is -2.66. The number of nitrogens with one attached hydrogen (secondary N) is 1. The largest absolute Gasteiger partial charge is 0.376 e. The van der Waals surface area contributed by atoms with Crippen molar-refractivity contribution in [3.05, 3.63) is 29.8 Å². The zero-order valence-corrected chi connectivity index (χ0v) is 13.7. The number of hydrogen-bond donors (Lipinski definition) is 1. The summed E-state index contributed by atoms with van der Waals surface area (Å²) >= 11 is 0. The predicted molar refractivity (Wildman–Crippen MR) is 82.8 cm³/mol. The van der Waals surface area contributed by atoms with Crippen LogP contribution in [0.3, 0.4) is 0 Å². The van der Waals surface area contributed by atoms with Gasteiger partial charge in [0, 0.05) is 43.9 Å². The monoisotopic (exact) mass is 322 g/mol. The summed E-state index contributed by atoms with van der Waals surface area (Å²) in [6.07, 6.45) is 2.80. The second-order valence-corrected chi connectivity index (χ2v) is 6.25. The molecule has 2 fully saturated rings. The Morgan fingerprint density at radius 1 is 1.43 bits per heavy atom. The number of aromatic nitrogens is 1. The van der Waals surface area contributed by atoms with Gasteiger partial charge in [-0.05, 0) is 19.9 Å². The zero-order chi connectivity index (χ0) is 16.6. The fourth-order valence-electron chi connectivity index (χ4n) is 3.29. The van der Waals surface area contributed by atoms with Crippen LogP contribution >= 0.6 is 0 Å². The van der Waals surface area contributed by atoms with Crippen LogP contribution in [0.2, 0.25) is 0 Å². The first-order chi connectivity index (χ1) is 11.0. The zero-order valence-electron chi connectivity index (χ0n) is 13.7. The molecule has 0 aromatic carbocycles. The van der Waals surface area contributed by atoms with Crippen molar-refractivity contribution in [3.8, 4) is 0 Å². The van der Waals surface area contributed by atoms with Crippen molar-refractivity contribution in [2.75, 3.05) is 20.2 Å². The van der Waals surface area contributed by atoms with Crippen LogP contribution in [0.5, 0.6) is 0 Å². The lowest BCUT2D eigenvalue weighted by Gasteiger charge is -2.49. The molecule has 3 heterocycles. The Labute approximate surface area is 135 Å². The summed E-state index contributed by atoms with van der Waals surface area (Å²) in [4.78, 5) is 20.1. The van der Waals surface area contributed by atoms with Gasteiger partial charge in [-0.1, -0.05) is 0 Å². The molecule has 2 saturated heterocycles. The van der Waals surface area contributed by atoms with Crippen molar-refractivity contribution in [1.29, 1.82) is 0 Å². The maximum Gasteiger partial charge on any atom is 0.226 e. The summed E-state index contributed by atoms with van der Waals surface area (Å²) in [5, 5.41) is 3.42. The smallest absolute Gasteiger partial charge is 0.226 e. The van der Waals surface area contributed by atoms with E-state index in [1.54, 1.807) is 24.2 Å². The average molecular weight is 322 g/mol. The number of nitrogens with zero attached hydrogens (tertiary/aromatic N) is 3. The Balaban J connectivity index is 1.85. The third kappa shape index (κ3) is 3.08. The van der Waals surface area contributed by atoms with Crippen molar-refractivity contribution in [2.24, 2.45) is 0 Å². The molecule has 1 aromatic heterocycles. The lowest BCUT2D eigenvalue weighted by atomic mass is 10.0. The highest BCUT2D eigenvalue weighted by atomic mass is 19.1. The van der Waals surface area contributed by atoms with Gasteiger partial charge in [0.25, 0.3) is 0 Å². The van der Waals surface area contributed by atoms with Crippen molar-refractivity contribution >= 4 is 5.91 Å². The van der Waals surface area contributed by atoms with E-state index >= 15 is 0 Å². The molecule has 2 aliphatic rings. The van der Waals surface area contributed by atoms with Gasteiger partial charge < -0.3 is 9.64 Å². The molecule has 1 aromatic rings. The standard InChI is InChI=1S/C16H23FN4O2/c1-10-11(2)23-7-6-21(10)16-19-14(8-15(22)20(16)3)12-4-5-18-9-13(12)17/h4-5,9-11,14,16,19H,6-8H2,1-3H3/t10-,11+,14?,16?/m1/s1. The summed E-state index contributed by atoms with van der Waals surface area (Å²) in [6, 6.07) is 1.45.